The fraction of sp³-hybridized carbons (Fsp3) is 0.474. The smallest absolute Gasteiger partial charge is 0.166 e. The zero-order chi connectivity index (χ0) is 18.9. The van der Waals surface area contributed by atoms with Gasteiger partial charge in [-0.3, -0.25) is 4.68 Å². The maximum atomic E-state index is 5.67. The Hall–Kier alpha value is -2.28. The maximum absolute atomic E-state index is 5.67. The van der Waals surface area contributed by atoms with Gasteiger partial charge in [-0.1, -0.05) is 6.07 Å². The number of hydrogen-bond donors (Lipinski definition) is 2. The zero-order valence-corrected chi connectivity index (χ0v) is 16.8. The summed E-state index contributed by atoms with van der Waals surface area (Å²) in [4.78, 5) is 0. The number of thiocarbonyl (C=S) groups is 1. The zero-order valence-electron chi connectivity index (χ0n) is 16.0. The quantitative estimate of drug-likeness (QED) is 0.656. The van der Waals surface area contributed by atoms with Gasteiger partial charge in [0.2, 0.25) is 0 Å². The molecule has 2 rings (SSSR count). The molecule has 0 fully saturated rings. The predicted octanol–water partition coefficient (Wildman–Crippen LogP) is 2.73. The lowest BCUT2D eigenvalue weighted by Crippen LogP contribution is -2.36. The van der Waals surface area contributed by atoms with Gasteiger partial charge < -0.3 is 20.1 Å². The second-order valence-electron chi connectivity index (χ2n) is 5.91. The third-order valence-electron chi connectivity index (χ3n) is 3.84. The normalized spacial score (nSPS) is 10.5. The minimum absolute atomic E-state index is 0.614. The van der Waals surface area contributed by atoms with E-state index >= 15 is 0 Å². The Balaban J connectivity index is 1.80. The molecule has 0 spiro atoms. The summed E-state index contributed by atoms with van der Waals surface area (Å²) < 4.78 is 13.1. The molecule has 0 saturated heterocycles. The van der Waals surface area contributed by atoms with E-state index in [-0.39, 0.29) is 0 Å². The van der Waals surface area contributed by atoms with Crippen molar-refractivity contribution in [2.75, 3.05) is 19.8 Å². The van der Waals surface area contributed by atoms with Crippen LogP contribution in [0.2, 0.25) is 0 Å². The lowest BCUT2D eigenvalue weighted by atomic mass is 10.1. The van der Waals surface area contributed by atoms with Crippen molar-refractivity contribution in [1.82, 2.24) is 20.4 Å². The summed E-state index contributed by atoms with van der Waals surface area (Å²) in [6.07, 6.45) is 0.846. The van der Waals surface area contributed by atoms with Gasteiger partial charge in [-0.05, 0) is 63.2 Å². The average molecular weight is 377 g/mol. The number of rotatable bonds is 9. The summed E-state index contributed by atoms with van der Waals surface area (Å²) in [5, 5.41) is 11.4. The van der Waals surface area contributed by atoms with Crippen molar-refractivity contribution >= 4 is 17.3 Å². The number of nitrogens with zero attached hydrogens (tertiary/aromatic N) is 2. The summed E-state index contributed by atoms with van der Waals surface area (Å²) in [6, 6.07) is 8.10. The van der Waals surface area contributed by atoms with Gasteiger partial charge >= 0.3 is 0 Å². The van der Waals surface area contributed by atoms with Crippen LogP contribution in [0.15, 0.2) is 24.3 Å². The van der Waals surface area contributed by atoms with E-state index in [4.69, 9.17) is 21.7 Å². The van der Waals surface area contributed by atoms with Crippen molar-refractivity contribution in [3.8, 4) is 11.5 Å². The molecule has 26 heavy (non-hydrogen) atoms. The van der Waals surface area contributed by atoms with Crippen LogP contribution in [0.3, 0.4) is 0 Å². The second kappa shape index (κ2) is 10.0. The number of aromatic nitrogens is 2. The van der Waals surface area contributed by atoms with Gasteiger partial charge in [-0.2, -0.15) is 5.10 Å². The van der Waals surface area contributed by atoms with Crippen molar-refractivity contribution < 1.29 is 9.47 Å². The summed E-state index contributed by atoms with van der Waals surface area (Å²) in [6.45, 7) is 8.55. The molecule has 1 heterocycles. The Labute approximate surface area is 160 Å². The molecule has 2 N–H and O–H groups in total. The second-order valence-corrected chi connectivity index (χ2v) is 6.32. The highest BCUT2D eigenvalue weighted by Crippen LogP contribution is 2.28. The molecule has 0 aliphatic heterocycles. The van der Waals surface area contributed by atoms with E-state index in [1.54, 1.807) is 0 Å². The van der Waals surface area contributed by atoms with Gasteiger partial charge in [-0.15, -0.1) is 0 Å². The largest absolute Gasteiger partial charge is 0.490 e. The molecule has 0 aliphatic carbocycles. The van der Waals surface area contributed by atoms with Crippen molar-refractivity contribution in [3.63, 3.8) is 0 Å². The Morgan fingerprint density at radius 1 is 1.12 bits per heavy atom. The molecule has 6 nitrogen and oxygen atoms in total. The summed E-state index contributed by atoms with van der Waals surface area (Å²) in [5.41, 5.74) is 3.28. The molecular weight excluding hydrogens is 348 g/mol. The van der Waals surface area contributed by atoms with Gasteiger partial charge in [0.1, 0.15) is 0 Å². The van der Waals surface area contributed by atoms with E-state index in [1.165, 1.54) is 5.56 Å². The minimum atomic E-state index is 0.614. The van der Waals surface area contributed by atoms with E-state index in [0.29, 0.717) is 24.9 Å². The highest BCUT2D eigenvalue weighted by Gasteiger charge is 2.07. The third-order valence-corrected chi connectivity index (χ3v) is 4.12. The lowest BCUT2D eigenvalue weighted by molar-refractivity contribution is 0.287. The van der Waals surface area contributed by atoms with Crippen LogP contribution >= 0.6 is 12.2 Å². The van der Waals surface area contributed by atoms with E-state index in [2.05, 4.69) is 21.8 Å². The predicted molar refractivity (Wildman–Crippen MR) is 108 cm³/mol. The summed E-state index contributed by atoms with van der Waals surface area (Å²) in [5.74, 6) is 1.58. The summed E-state index contributed by atoms with van der Waals surface area (Å²) >= 11 is 5.34. The summed E-state index contributed by atoms with van der Waals surface area (Å²) in [7, 11) is 1.93. The van der Waals surface area contributed by atoms with Gasteiger partial charge in [0.15, 0.2) is 16.6 Å². The molecule has 0 saturated carbocycles. The van der Waals surface area contributed by atoms with Crippen molar-refractivity contribution in [2.45, 2.75) is 33.7 Å². The first-order valence-corrected chi connectivity index (χ1v) is 9.34. The number of benzene rings is 1. The van der Waals surface area contributed by atoms with E-state index < -0.39 is 0 Å². The molecule has 0 amide bonds. The topological polar surface area (TPSA) is 60.3 Å². The van der Waals surface area contributed by atoms with E-state index in [1.807, 2.05) is 50.7 Å². The average Bonchev–Trinajstić information content (AvgIpc) is 2.93. The van der Waals surface area contributed by atoms with Crippen LogP contribution < -0.4 is 20.1 Å². The molecule has 0 aliphatic rings. The number of hydrogen-bond acceptors (Lipinski definition) is 4. The Morgan fingerprint density at radius 2 is 1.85 bits per heavy atom. The van der Waals surface area contributed by atoms with Gasteiger partial charge in [0.05, 0.1) is 31.1 Å². The van der Waals surface area contributed by atoms with Gasteiger partial charge in [-0.25, -0.2) is 0 Å². The SMILES string of the molecule is CCOc1ccc(CCNC(=S)NCc2cc(C)nn2C)cc1OCC. The molecular formula is C19H28N4O2S. The Bertz CT molecular complexity index is 730. The first-order chi connectivity index (χ1) is 12.5. The highest BCUT2D eigenvalue weighted by molar-refractivity contribution is 7.80. The van der Waals surface area contributed by atoms with Crippen molar-refractivity contribution in [2.24, 2.45) is 7.05 Å². The molecule has 1 aromatic carbocycles. The molecule has 0 atom stereocenters. The van der Waals surface area contributed by atoms with Crippen molar-refractivity contribution in [1.29, 1.82) is 0 Å². The molecule has 0 radical (unpaired) electrons. The monoisotopic (exact) mass is 376 g/mol. The number of nitrogens with one attached hydrogen (secondary N) is 2. The molecule has 0 bridgehead atoms. The van der Waals surface area contributed by atoms with E-state index in [0.717, 1.165) is 35.9 Å². The van der Waals surface area contributed by atoms with Crippen LogP contribution in [0.1, 0.15) is 30.8 Å². The minimum Gasteiger partial charge on any atom is -0.490 e. The van der Waals surface area contributed by atoms with Crippen molar-refractivity contribution in [3.05, 3.63) is 41.2 Å². The van der Waals surface area contributed by atoms with Gasteiger partial charge in [0, 0.05) is 13.6 Å². The lowest BCUT2D eigenvalue weighted by Gasteiger charge is -2.13. The van der Waals surface area contributed by atoms with Crippen LogP contribution in [0.5, 0.6) is 11.5 Å². The van der Waals surface area contributed by atoms with Gasteiger partial charge in [0.25, 0.3) is 0 Å². The maximum Gasteiger partial charge on any atom is 0.166 e. The molecule has 2 aromatic rings. The molecule has 142 valence electrons. The van der Waals surface area contributed by atoms with Crippen LogP contribution in [0.4, 0.5) is 0 Å². The molecule has 7 heteroatoms. The first-order valence-electron chi connectivity index (χ1n) is 8.93. The highest BCUT2D eigenvalue weighted by atomic mass is 32.1. The number of aryl methyl sites for hydroxylation is 2. The fourth-order valence-corrected chi connectivity index (χ4v) is 2.81. The standard InChI is InChI=1S/C19H28N4O2S/c1-5-24-17-8-7-15(12-18(17)25-6-2)9-10-20-19(26)21-13-16-11-14(3)22-23(16)4/h7-8,11-12H,5-6,9-10,13H2,1-4H3,(H2,20,21,26). The third kappa shape index (κ3) is 5.91. The fourth-order valence-electron chi connectivity index (χ4n) is 2.63. The van der Waals surface area contributed by atoms with Crippen LogP contribution in [0.25, 0.3) is 0 Å². The van der Waals surface area contributed by atoms with Crippen LogP contribution in [0, 0.1) is 6.92 Å². The Morgan fingerprint density at radius 3 is 2.50 bits per heavy atom. The van der Waals surface area contributed by atoms with Crippen LogP contribution in [-0.4, -0.2) is 34.7 Å². The van der Waals surface area contributed by atoms with Crippen LogP contribution in [-0.2, 0) is 20.0 Å². The Kier molecular flexibility index (Phi) is 7.72. The number of ether oxygens (including phenoxy) is 2. The molecule has 1 aromatic heterocycles. The molecule has 0 unspecified atom stereocenters. The first kappa shape index (κ1) is 20.0. The van der Waals surface area contributed by atoms with E-state index in [9.17, 15) is 0 Å².